The predicted molar refractivity (Wildman–Crippen MR) is 102 cm³/mol. The van der Waals surface area contributed by atoms with Crippen LogP contribution in [0.5, 0.6) is 11.5 Å². The first-order valence-corrected chi connectivity index (χ1v) is 9.10. The number of benzene rings is 2. The minimum atomic E-state index is -0.631. The zero-order valence-electron chi connectivity index (χ0n) is 14.6. The molecule has 142 valence electrons. The van der Waals surface area contributed by atoms with E-state index in [9.17, 15) is 8.78 Å². The van der Waals surface area contributed by atoms with E-state index in [-0.39, 0.29) is 6.79 Å². The van der Waals surface area contributed by atoms with Gasteiger partial charge >= 0.3 is 0 Å². The molecule has 5 nitrogen and oxygen atoms in total. The van der Waals surface area contributed by atoms with Crippen LogP contribution in [-0.4, -0.2) is 47.9 Å². The zero-order valence-corrected chi connectivity index (χ0v) is 15.4. The van der Waals surface area contributed by atoms with Crippen molar-refractivity contribution >= 4 is 23.0 Å². The van der Waals surface area contributed by atoms with Gasteiger partial charge in [0.1, 0.15) is 11.6 Å². The lowest BCUT2D eigenvalue weighted by Crippen LogP contribution is -2.49. The summed E-state index contributed by atoms with van der Waals surface area (Å²) >= 11 is 5.39. The van der Waals surface area contributed by atoms with E-state index in [1.807, 2.05) is 23.1 Å². The molecule has 0 saturated carbocycles. The maximum absolute atomic E-state index is 13.3. The lowest BCUT2D eigenvalue weighted by molar-refractivity contribution is 0.173. The first-order valence-electron chi connectivity index (χ1n) is 8.70. The fraction of sp³-hybridized carbons (Fsp3) is 0.316. The van der Waals surface area contributed by atoms with Gasteiger partial charge < -0.3 is 19.7 Å². The number of hydrogen-bond donors (Lipinski definition) is 1. The van der Waals surface area contributed by atoms with E-state index in [1.54, 1.807) is 0 Å². The van der Waals surface area contributed by atoms with Crippen molar-refractivity contribution in [3.63, 3.8) is 0 Å². The van der Waals surface area contributed by atoms with Crippen molar-refractivity contribution in [1.82, 2.24) is 9.80 Å². The highest BCUT2D eigenvalue weighted by atomic mass is 32.1. The molecular weight excluding hydrogens is 372 g/mol. The molecule has 8 heteroatoms. The van der Waals surface area contributed by atoms with Gasteiger partial charge in [-0.05, 0) is 42.0 Å². The Morgan fingerprint density at radius 2 is 1.67 bits per heavy atom. The van der Waals surface area contributed by atoms with Crippen molar-refractivity contribution in [2.75, 3.05) is 38.3 Å². The molecule has 0 amide bonds. The molecular formula is C19H19F2N3O2S. The van der Waals surface area contributed by atoms with Crippen molar-refractivity contribution in [3.05, 3.63) is 53.6 Å². The molecule has 0 atom stereocenters. The minimum Gasteiger partial charge on any atom is -0.454 e. The molecule has 2 aromatic rings. The molecule has 27 heavy (non-hydrogen) atoms. The van der Waals surface area contributed by atoms with Crippen molar-refractivity contribution in [1.29, 1.82) is 0 Å². The van der Waals surface area contributed by atoms with E-state index >= 15 is 0 Å². The molecule has 2 aliphatic heterocycles. The van der Waals surface area contributed by atoms with Gasteiger partial charge in [0, 0.05) is 44.5 Å². The number of anilines is 1. The van der Waals surface area contributed by atoms with Crippen LogP contribution in [0.25, 0.3) is 0 Å². The largest absolute Gasteiger partial charge is 0.454 e. The number of nitrogens with one attached hydrogen (secondary N) is 1. The Kier molecular flexibility index (Phi) is 5.09. The quantitative estimate of drug-likeness (QED) is 0.810. The fourth-order valence-corrected chi connectivity index (χ4v) is 3.54. The number of ether oxygens (including phenoxy) is 2. The zero-order chi connectivity index (χ0) is 18.8. The van der Waals surface area contributed by atoms with Gasteiger partial charge in [0.25, 0.3) is 0 Å². The topological polar surface area (TPSA) is 37.0 Å². The highest BCUT2D eigenvalue weighted by molar-refractivity contribution is 7.80. The van der Waals surface area contributed by atoms with Gasteiger partial charge in [-0.3, -0.25) is 4.90 Å². The lowest BCUT2D eigenvalue weighted by atomic mass is 10.1. The number of nitrogens with zero attached hydrogens (tertiary/aromatic N) is 2. The molecule has 1 N–H and O–H groups in total. The Labute approximate surface area is 161 Å². The summed E-state index contributed by atoms with van der Waals surface area (Å²) in [6.07, 6.45) is 0. The molecule has 2 heterocycles. The van der Waals surface area contributed by atoms with Crippen LogP contribution in [-0.2, 0) is 6.54 Å². The Morgan fingerprint density at radius 3 is 2.41 bits per heavy atom. The summed E-state index contributed by atoms with van der Waals surface area (Å²) < 4.78 is 37.4. The van der Waals surface area contributed by atoms with Crippen LogP contribution < -0.4 is 14.8 Å². The molecule has 4 rings (SSSR count). The number of piperazine rings is 1. The normalized spacial score (nSPS) is 16.4. The van der Waals surface area contributed by atoms with Crippen LogP contribution in [0.4, 0.5) is 14.5 Å². The number of thiocarbonyl (C=S) groups is 1. The highest BCUT2D eigenvalue weighted by Gasteiger charge is 2.20. The average Bonchev–Trinajstić information content (AvgIpc) is 3.09. The third-order valence-electron chi connectivity index (χ3n) is 4.62. The van der Waals surface area contributed by atoms with Gasteiger partial charge in [0.2, 0.25) is 6.79 Å². The summed E-state index contributed by atoms with van der Waals surface area (Å²) in [4.78, 5) is 4.34. The number of halogens is 2. The van der Waals surface area contributed by atoms with Crippen LogP contribution in [0.1, 0.15) is 5.56 Å². The molecule has 2 aromatic carbocycles. The highest BCUT2D eigenvalue weighted by Crippen LogP contribution is 2.32. The third-order valence-corrected chi connectivity index (χ3v) is 4.98. The Hall–Kier alpha value is -2.45. The van der Waals surface area contributed by atoms with Crippen LogP contribution >= 0.6 is 12.2 Å². The standard InChI is InChI=1S/C19H19F2N3O2S/c20-14-8-15(21)10-16(9-14)22-19(27)24-5-3-23(4-6-24)11-13-1-2-17-18(7-13)26-12-25-17/h1-2,7-10H,3-6,11-12H2,(H,22,27). The maximum Gasteiger partial charge on any atom is 0.231 e. The fourth-order valence-electron chi connectivity index (χ4n) is 3.24. The second-order valence-electron chi connectivity index (χ2n) is 6.54. The summed E-state index contributed by atoms with van der Waals surface area (Å²) in [6, 6.07) is 9.29. The van der Waals surface area contributed by atoms with Gasteiger partial charge in [0.15, 0.2) is 16.6 Å². The molecule has 2 aliphatic rings. The third kappa shape index (κ3) is 4.28. The van der Waals surface area contributed by atoms with Gasteiger partial charge in [-0.15, -0.1) is 0 Å². The van der Waals surface area contributed by atoms with Crippen LogP contribution in [0.15, 0.2) is 36.4 Å². The molecule has 1 fully saturated rings. The van der Waals surface area contributed by atoms with Crippen LogP contribution in [0, 0.1) is 11.6 Å². The second-order valence-corrected chi connectivity index (χ2v) is 6.93. The average molecular weight is 391 g/mol. The van der Waals surface area contributed by atoms with Crippen molar-refractivity contribution < 1.29 is 18.3 Å². The molecule has 0 unspecified atom stereocenters. The Morgan fingerprint density at radius 1 is 0.963 bits per heavy atom. The number of fused-ring (bicyclic) bond motifs is 1. The predicted octanol–water partition coefficient (Wildman–Crippen LogP) is 3.21. The SMILES string of the molecule is Fc1cc(F)cc(NC(=S)N2CCN(Cc3ccc4c(c3)OCO4)CC2)c1. The molecule has 0 bridgehead atoms. The van der Waals surface area contributed by atoms with Crippen LogP contribution in [0.2, 0.25) is 0 Å². The minimum absolute atomic E-state index is 0.275. The lowest BCUT2D eigenvalue weighted by Gasteiger charge is -2.36. The maximum atomic E-state index is 13.3. The van der Waals surface area contributed by atoms with Gasteiger partial charge in [-0.1, -0.05) is 6.07 Å². The van der Waals surface area contributed by atoms with E-state index in [2.05, 4.69) is 10.2 Å². The van der Waals surface area contributed by atoms with Gasteiger partial charge in [-0.2, -0.15) is 0 Å². The van der Waals surface area contributed by atoms with Crippen molar-refractivity contribution in [3.8, 4) is 11.5 Å². The second kappa shape index (κ2) is 7.66. The molecule has 1 saturated heterocycles. The summed E-state index contributed by atoms with van der Waals surface area (Å²) in [6.45, 7) is 4.26. The summed E-state index contributed by atoms with van der Waals surface area (Å²) in [7, 11) is 0. The van der Waals surface area contributed by atoms with E-state index in [0.717, 1.165) is 50.3 Å². The summed E-state index contributed by atoms with van der Waals surface area (Å²) in [5, 5.41) is 3.39. The van der Waals surface area contributed by atoms with E-state index in [4.69, 9.17) is 21.7 Å². The Balaban J connectivity index is 1.30. The number of hydrogen-bond acceptors (Lipinski definition) is 4. The van der Waals surface area contributed by atoms with E-state index < -0.39 is 11.6 Å². The smallest absolute Gasteiger partial charge is 0.231 e. The molecule has 0 spiro atoms. The first-order chi connectivity index (χ1) is 13.1. The summed E-state index contributed by atoms with van der Waals surface area (Å²) in [5.74, 6) is 0.315. The van der Waals surface area contributed by atoms with Gasteiger partial charge in [0.05, 0.1) is 0 Å². The number of rotatable bonds is 3. The monoisotopic (exact) mass is 391 g/mol. The molecule has 0 aromatic heterocycles. The van der Waals surface area contributed by atoms with E-state index in [0.29, 0.717) is 10.8 Å². The van der Waals surface area contributed by atoms with Crippen molar-refractivity contribution in [2.45, 2.75) is 6.54 Å². The van der Waals surface area contributed by atoms with Gasteiger partial charge in [-0.25, -0.2) is 8.78 Å². The molecule has 0 radical (unpaired) electrons. The Bertz CT molecular complexity index is 837. The first kappa shape index (κ1) is 17.9. The van der Waals surface area contributed by atoms with Crippen molar-refractivity contribution in [2.24, 2.45) is 0 Å². The molecule has 0 aliphatic carbocycles. The van der Waals surface area contributed by atoms with Crippen LogP contribution in [0.3, 0.4) is 0 Å². The summed E-state index contributed by atoms with van der Waals surface area (Å²) in [5.41, 5.74) is 1.49. The van der Waals surface area contributed by atoms with E-state index in [1.165, 1.54) is 17.7 Å².